The van der Waals surface area contributed by atoms with E-state index in [1.54, 1.807) is 4.68 Å². The van der Waals surface area contributed by atoms with Crippen molar-refractivity contribution in [3.8, 4) is 16.9 Å². The van der Waals surface area contributed by atoms with Crippen LogP contribution in [0.2, 0.25) is 5.02 Å². The molecule has 0 saturated heterocycles. The second-order valence-electron chi connectivity index (χ2n) is 7.60. The number of aromatic nitrogens is 2. The molecule has 146 valence electrons. The molecule has 3 rings (SSSR count). The van der Waals surface area contributed by atoms with Crippen molar-refractivity contribution in [3.05, 3.63) is 70.4 Å². The maximum Gasteiger partial charge on any atom is 0.270 e. The van der Waals surface area contributed by atoms with E-state index in [4.69, 9.17) is 16.7 Å². The first-order valence-corrected chi connectivity index (χ1v) is 9.89. The number of benzene rings is 2. The number of aryl methyl sites for hydroxylation is 2. The van der Waals surface area contributed by atoms with Crippen molar-refractivity contribution in [3.63, 3.8) is 0 Å². The van der Waals surface area contributed by atoms with Crippen LogP contribution in [0.4, 0.5) is 0 Å². The number of carbonyl (C=O) groups is 1. The average Bonchev–Trinajstić information content (AvgIpc) is 3.09. The predicted octanol–water partition coefficient (Wildman–Crippen LogP) is 5.58. The van der Waals surface area contributed by atoms with Crippen molar-refractivity contribution >= 4 is 17.5 Å². The third-order valence-corrected chi connectivity index (χ3v) is 5.37. The molecule has 28 heavy (non-hydrogen) atoms. The van der Waals surface area contributed by atoms with Gasteiger partial charge in [-0.3, -0.25) is 4.79 Å². The normalized spacial score (nSPS) is 12.2. The largest absolute Gasteiger partial charge is 0.348 e. The third-order valence-electron chi connectivity index (χ3n) is 5.04. The topological polar surface area (TPSA) is 46.9 Å². The van der Waals surface area contributed by atoms with Gasteiger partial charge in [-0.15, -0.1) is 0 Å². The molecule has 0 bridgehead atoms. The van der Waals surface area contributed by atoms with Crippen LogP contribution >= 0.6 is 11.6 Å². The Morgan fingerprint density at radius 2 is 1.79 bits per heavy atom. The number of hydrogen-bond donors (Lipinski definition) is 1. The highest BCUT2D eigenvalue weighted by molar-refractivity contribution is 6.33. The Hall–Kier alpha value is -2.59. The van der Waals surface area contributed by atoms with E-state index >= 15 is 0 Å². The van der Waals surface area contributed by atoms with Crippen molar-refractivity contribution in [2.45, 2.75) is 40.7 Å². The van der Waals surface area contributed by atoms with E-state index < -0.39 is 0 Å². The van der Waals surface area contributed by atoms with Gasteiger partial charge in [0.15, 0.2) is 0 Å². The molecule has 5 heteroatoms. The minimum Gasteiger partial charge on any atom is -0.348 e. The molecule has 1 atom stereocenters. The van der Waals surface area contributed by atoms with E-state index in [-0.39, 0.29) is 11.9 Å². The second-order valence-corrected chi connectivity index (χ2v) is 8.01. The first-order valence-electron chi connectivity index (χ1n) is 9.51. The molecule has 3 aromatic rings. The van der Waals surface area contributed by atoms with Crippen molar-refractivity contribution < 1.29 is 4.79 Å². The first kappa shape index (κ1) is 20.2. The zero-order valence-electron chi connectivity index (χ0n) is 17.0. The molecule has 0 fully saturated rings. The van der Waals surface area contributed by atoms with Crippen molar-refractivity contribution in [2.75, 3.05) is 0 Å². The van der Waals surface area contributed by atoms with E-state index in [1.807, 2.05) is 63.2 Å². The third kappa shape index (κ3) is 4.12. The number of halogens is 1. The van der Waals surface area contributed by atoms with Crippen LogP contribution in [-0.2, 0) is 0 Å². The van der Waals surface area contributed by atoms with E-state index in [1.165, 1.54) is 0 Å². The molecule has 0 radical (unpaired) electrons. The summed E-state index contributed by atoms with van der Waals surface area (Å²) in [7, 11) is 0. The summed E-state index contributed by atoms with van der Waals surface area (Å²) in [5.41, 5.74) is 5.02. The van der Waals surface area contributed by atoms with Crippen LogP contribution in [0.3, 0.4) is 0 Å². The molecule has 0 unspecified atom stereocenters. The molecule has 0 spiro atoms. The predicted molar refractivity (Wildman–Crippen MR) is 115 cm³/mol. The molecule has 0 aliphatic rings. The molecule has 0 aliphatic heterocycles. The fourth-order valence-corrected chi connectivity index (χ4v) is 3.15. The zero-order chi connectivity index (χ0) is 20.4. The Morgan fingerprint density at radius 3 is 2.46 bits per heavy atom. The van der Waals surface area contributed by atoms with Crippen LogP contribution < -0.4 is 5.32 Å². The fraction of sp³-hybridized carbons (Fsp3) is 0.304. The summed E-state index contributed by atoms with van der Waals surface area (Å²) in [6.45, 7) is 10.2. The fourth-order valence-electron chi connectivity index (χ4n) is 2.92. The smallest absolute Gasteiger partial charge is 0.270 e. The van der Waals surface area contributed by atoms with Crippen LogP contribution in [0.15, 0.2) is 48.5 Å². The molecule has 1 amide bonds. The SMILES string of the molecule is Cc1ccc(C)c(-n2nc(-c3ccccc3Cl)cc2C(=O)N[C@H](C)C(C)C)c1. The highest BCUT2D eigenvalue weighted by Crippen LogP contribution is 2.29. The summed E-state index contributed by atoms with van der Waals surface area (Å²) in [4.78, 5) is 13.1. The molecule has 0 aliphatic carbocycles. The zero-order valence-corrected chi connectivity index (χ0v) is 17.7. The van der Waals surface area contributed by atoms with E-state index in [0.29, 0.717) is 22.3 Å². The molecule has 1 aromatic heterocycles. The lowest BCUT2D eigenvalue weighted by Crippen LogP contribution is -2.37. The monoisotopic (exact) mass is 395 g/mol. The summed E-state index contributed by atoms with van der Waals surface area (Å²) >= 11 is 6.38. The first-order chi connectivity index (χ1) is 13.3. The molecule has 1 heterocycles. The number of amides is 1. The van der Waals surface area contributed by atoms with Gasteiger partial charge < -0.3 is 5.32 Å². The lowest BCUT2D eigenvalue weighted by molar-refractivity contribution is 0.0922. The Balaban J connectivity index is 2.15. The van der Waals surface area contributed by atoms with Gasteiger partial charge in [0.2, 0.25) is 0 Å². The molecular formula is C23H26ClN3O. The average molecular weight is 396 g/mol. The van der Waals surface area contributed by atoms with Gasteiger partial charge in [0.05, 0.1) is 16.4 Å². The minimum absolute atomic E-state index is 0.0539. The highest BCUT2D eigenvalue weighted by atomic mass is 35.5. The molecule has 4 nitrogen and oxygen atoms in total. The Morgan fingerprint density at radius 1 is 1.07 bits per heavy atom. The number of carbonyl (C=O) groups excluding carboxylic acids is 1. The van der Waals surface area contributed by atoms with Crippen LogP contribution in [0.5, 0.6) is 0 Å². The van der Waals surface area contributed by atoms with E-state index in [2.05, 4.69) is 25.2 Å². The van der Waals surface area contributed by atoms with Crippen LogP contribution in [-0.4, -0.2) is 21.7 Å². The molecule has 2 aromatic carbocycles. The summed E-state index contributed by atoms with van der Waals surface area (Å²) < 4.78 is 1.73. The van der Waals surface area contributed by atoms with Gasteiger partial charge in [-0.25, -0.2) is 4.68 Å². The van der Waals surface area contributed by atoms with Gasteiger partial charge in [-0.05, 0) is 56.0 Å². The lowest BCUT2D eigenvalue weighted by Gasteiger charge is -2.18. The minimum atomic E-state index is -0.145. The second kappa shape index (κ2) is 8.19. The van der Waals surface area contributed by atoms with E-state index in [9.17, 15) is 4.79 Å². The van der Waals surface area contributed by atoms with Crippen molar-refractivity contribution in [2.24, 2.45) is 5.92 Å². The molecular weight excluding hydrogens is 370 g/mol. The summed E-state index contributed by atoms with van der Waals surface area (Å²) in [5.74, 6) is 0.192. The van der Waals surface area contributed by atoms with E-state index in [0.717, 1.165) is 22.4 Å². The molecule has 1 N–H and O–H groups in total. The quantitative estimate of drug-likeness (QED) is 0.612. The van der Waals surface area contributed by atoms with Gasteiger partial charge in [0.25, 0.3) is 5.91 Å². The summed E-state index contributed by atoms with van der Waals surface area (Å²) in [6.07, 6.45) is 0. The Labute approximate surface area is 171 Å². The maximum absolute atomic E-state index is 13.1. The summed E-state index contributed by atoms with van der Waals surface area (Å²) in [6, 6.07) is 15.5. The van der Waals surface area contributed by atoms with Gasteiger partial charge >= 0.3 is 0 Å². The van der Waals surface area contributed by atoms with Crippen LogP contribution in [0.1, 0.15) is 42.4 Å². The standard InChI is InChI=1S/C23H26ClN3O/c1-14(2)17(5)25-23(28)22-13-20(18-8-6-7-9-19(18)24)26-27(22)21-12-15(3)10-11-16(21)4/h6-14,17H,1-5H3,(H,25,28)/t17-/m1/s1. The highest BCUT2D eigenvalue weighted by Gasteiger charge is 2.21. The lowest BCUT2D eigenvalue weighted by atomic mass is 10.1. The van der Waals surface area contributed by atoms with Crippen molar-refractivity contribution in [1.82, 2.24) is 15.1 Å². The number of hydrogen-bond acceptors (Lipinski definition) is 2. The number of nitrogens with zero attached hydrogens (tertiary/aromatic N) is 2. The summed E-state index contributed by atoms with van der Waals surface area (Å²) in [5, 5.41) is 8.45. The number of rotatable bonds is 5. The Bertz CT molecular complexity index is 1010. The van der Waals surface area contributed by atoms with Crippen LogP contribution in [0.25, 0.3) is 16.9 Å². The maximum atomic E-state index is 13.1. The van der Waals surface area contributed by atoms with Crippen molar-refractivity contribution in [1.29, 1.82) is 0 Å². The van der Waals surface area contributed by atoms with Crippen LogP contribution in [0, 0.1) is 19.8 Å². The van der Waals surface area contributed by atoms with Gasteiger partial charge in [-0.2, -0.15) is 5.10 Å². The van der Waals surface area contributed by atoms with Gasteiger partial charge in [-0.1, -0.05) is 55.8 Å². The van der Waals surface area contributed by atoms with Gasteiger partial charge in [0, 0.05) is 11.6 Å². The molecule has 0 saturated carbocycles. The Kier molecular flexibility index (Phi) is 5.90. The van der Waals surface area contributed by atoms with Gasteiger partial charge in [0.1, 0.15) is 5.69 Å². The number of nitrogens with one attached hydrogen (secondary N) is 1.